The summed E-state index contributed by atoms with van der Waals surface area (Å²) in [6.45, 7) is 16.2. The first-order valence-electron chi connectivity index (χ1n) is 23.2. The lowest BCUT2D eigenvalue weighted by Crippen LogP contribution is -2.33. The van der Waals surface area contributed by atoms with Crippen LogP contribution in [0.3, 0.4) is 0 Å². The van der Waals surface area contributed by atoms with Crippen molar-refractivity contribution in [1.29, 1.82) is 5.26 Å². The van der Waals surface area contributed by atoms with Gasteiger partial charge in [-0.1, -0.05) is 81.3 Å². The molecule has 0 saturated heterocycles. The topological polar surface area (TPSA) is 219 Å². The van der Waals surface area contributed by atoms with Gasteiger partial charge < -0.3 is 39.8 Å². The summed E-state index contributed by atoms with van der Waals surface area (Å²) < 4.78 is 14.5. The number of fused-ring (bicyclic) bond motifs is 2. The molecule has 0 amide bonds. The number of nitrogens with two attached hydrogens (primary N) is 1. The average molecular weight is 916 g/mol. The van der Waals surface area contributed by atoms with Gasteiger partial charge in [0.05, 0.1) is 30.0 Å². The molecule has 9 rings (SSSR count). The molecule has 0 fully saturated rings. The zero-order chi connectivity index (χ0) is 48.0. The van der Waals surface area contributed by atoms with E-state index in [2.05, 4.69) is 61.8 Å². The zero-order valence-corrected chi connectivity index (χ0v) is 39.3. The Morgan fingerprint density at radius 1 is 0.779 bits per heavy atom. The lowest BCUT2D eigenvalue weighted by molar-refractivity contribution is 0.184. The van der Waals surface area contributed by atoms with Crippen LogP contribution >= 0.6 is 0 Å². The Hall–Kier alpha value is -7.25. The van der Waals surface area contributed by atoms with Gasteiger partial charge in [-0.25, -0.2) is 4.98 Å². The van der Waals surface area contributed by atoms with Crippen molar-refractivity contribution in [2.24, 2.45) is 10.7 Å². The van der Waals surface area contributed by atoms with Gasteiger partial charge in [-0.05, 0) is 106 Å². The van der Waals surface area contributed by atoms with Gasteiger partial charge in [-0.2, -0.15) is 10.3 Å². The quantitative estimate of drug-likeness (QED) is 0.0415. The number of aryl methyl sites for hydroxylation is 2. The molecule has 0 bridgehead atoms. The van der Waals surface area contributed by atoms with Crippen molar-refractivity contribution in [2.75, 3.05) is 26.2 Å². The summed E-state index contributed by atoms with van der Waals surface area (Å²) in [5.74, 6) is 1.58. The smallest absolute Gasteiger partial charge is 0.207 e. The fourth-order valence-electron chi connectivity index (χ4n) is 9.80. The zero-order valence-electron chi connectivity index (χ0n) is 39.3. The molecular formula is C53H57N9O6. The Morgan fingerprint density at radius 2 is 1.38 bits per heavy atom. The van der Waals surface area contributed by atoms with E-state index in [0.29, 0.717) is 65.1 Å². The molecule has 0 radical (unpaired) electrons. The van der Waals surface area contributed by atoms with Crippen LogP contribution in [0, 0.1) is 18.4 Å². The minimum Gasteiger partial charge on any atom is -0.508 e. The fraction of sp³-hybridized carbons (Fsp3) is 0.340. The molecule has 350 valence electrons. The standard InChI is InChI=1S/C53H57N9O6/c1-7-38-24-56-53(49-47(35-9-10-36-25-60(16-17-63)14-12-32(36)20-35)51(68-59-49)42-22-40(30(4)5)44(65)23-45(42)66)62(38)28-61-15-13-33-19-34(8-11-37(33)26-61)46-48(52(55)57-27-54)58-67-50(46)41-21-39(29(2)3)43(64)18-31(41)6/h8-11,18-24,29-30,63-66H,7,12-17,25-26,28H2,1-6H3,(H2,55,57). The minimum atomic E-state index is -0.118. The second-order valence-electron chi connectivity index (χ2n) is 18.5. The summed E-state index contributed by atoms with van der Waals surface area (Å²) in [5, 5.41) is 61.0. The number of benzene rings is 4. The third-order valence-electron chi connectivity index (χ3n) is 13.5. The molecule has 2 aliphatic rings. The number of aliphatic hydroxyl groups excluding tert-OH is 1. The van der Waals surface area contributed by atoms with E-state index in [4.69, 9.17) is 24.9 Å². The van der Waals surface area contributed by atoms with E-state index < -0.39 is 0 Å². The maximum absolute atomic E-state index is 11.4. The van der Waals surface area contributed by atoms with E-state index >= 15 is 0 Å². The number of nitrogens with zero attached hydrogens (tertiary/aromatic N) is 8. The summed E-state index contributed by atoms with van der Waals surface area (Å²) in [5.41, 5.74) is 19.3. The number of β-amino-alcohol motifs (C(OH)–C–C–N with tert-alkyl or cyclic N) is 1. The Morgan fingerprint density at radius 3 is 2.03 bits per heavy atom. The van der Waals surface area contributed by atoms with Crippen LogP contribution in [0.25, 0.3) is 56.4 Å². The second-order valence-corrected chi connectivity index (χ2v) is 18.5. The highest BCUT2D eigenvalue weighted by Gasteiger charge is 2.31. The van der Waals surface area contributed by atoms with Gasteiger partial charge in [0.25, 0.3) is 0 Å². The number of phenols is 3. The van der Waals surface area contributed by atoms with Crippen LogP contribution in [0.5, 0.6) is 17.2 Å². The first-order chi connectivity index (χ1) is 32.8. The Kier molecular flexibility index (Phi) is 12.7. The molecule has 0 atom stereocenters. The van der Waals surface area contributed by atoms with E-state index in [1.165, 1.54) is 17.2 Å². The van der Waals surface area contributed by atoms with Crippen LogP contribution in [0.2, 0.25) is 0 Å². The third-order valence-corrected chi connectivity index (χ3v) is 13.5. The van der Waals surface area contributed by atoms with Crippen molar-refractivity contribution >= 4 is 5.84 Å². The highest BCUT2D eigenvalue weighted by atomic mass is 16.5. The summed E-state index contributed by atoms with van der Waals surface area (Å²) in [6.07, 6.45) is 5.95. The normalized spacial score (nSPS) is 14.4. The molecule has 3 aromatic heterocycles. The summed E-state index contributed by atoms with van der Waals surface area (Å²) in [6, 6.07) is 19.5. The number of aromatic hydroxyl groups is 3. The second kappa shape index (κ2) is 18.8. The first kappa shape index (κ1) is 45.9. The molecule has 7 aromatic rings. The average Bonchev–Trinajstić information content (AvgIpc) is 4.06. The van der Waals surface area contributed by atoms with Crippen LogP contribution in [0.4, 0.5) is 0 Å². The van der Waals surface area contributed by atoms with Gasteiger partial charge in [0.1, 0.15) is 17.2 Å². The lowest BCUT2D eigenvalue weighted by Gasteiger charge is -2.30. The largest absolute Gasteiger partial charge is 0.508 e. The van der Waals surface area contributed by atoms with Crippen LogP contribution < -0.4 is 5.73 Å². The molecule has 0 saturated carbocycles. The van der Waals surface area contributed by atoms with E-state index in [0.717, 1.165) is 83.5 Å². The van der Waals surface area contributed by atoms with Crippen molar-refractivity contribution < 1.29 is 29.5 Å². The maximum atomic E-state index is 11.4. The predicted molar refractivity (Wildman–Crippen MR) is 260 cm³/mol. The highest BCUT2D eigenvalue weighted by Crippen LogP contribution is 2.47. The number of rotatable bonds is 13. The number of imidazole rings is 1. The molecule has 2 aliphatic heterocycles. The lowest BCUT2D eigenvalue weighted by atomic mass is 9.90. The Balaban J connectivity index is 1.08. The number of aliphatic imine (C=N–C) groups is 1. The summed E-state index contributed by atoms with van der Waals surface area (Å²) >= 11 is 0. The van der Waals surface area contributed by atoms with Gasteiger partial charge in [0, 0.05) is 56.2 Å². The minimum absolute atomic E-state index is 0.0123. The number of aromatic nitrogens is 4. The third kappa shape index (κ3) is 8.51. The van der Waals surface area contributed by atoms with Gasteiger partial charge in [-0.3, -0.25) is 9.80 Å². The van der Waals surface area contributed by atoms with Crippen molar-refractivity contribution in [2.45, 2.75) is 92.4 Å². The van der Waals surface area contributed by atoms with Crippen molar-refractivity contribution in [3.8, 4) is 79.9 Å². The fourth-order valence-corrected chi connectivity index (χ4v) is 9.80. The number of hydrogen-bond donors (Lipinski definition) is 5. The van der Waals surface area contributed by atoms with Crippen LogP contribution in [-0.2, 0) is 39.0 Å². The van der Waals surface area contributed by atoms with Crippen LogP contribution in [0.1, 0.15) is 96.8 Å². The van der Waals surface area contributed by atoms with Crippen LogP contribution in [-0.4, -0.2) is 82.2 Å². The first-order valence-corrected chi connectivity index (χ1v) is 23.2. The van der Waals surface area contributed by atoms with Gasteiger partial charge >= 0.3 is 0 Å². The summed E-state index contributed by atoms with van der Waals surface area (Å²) in [7, 11) is 0. The molecule has 15 heteroatoms. The number of aliphatic hydroxyl groups is 1. The summed E-state index contributed by atoms with van der Waals surface area (Å²) in [4.78, 5) is 13.4. The predicted octanol–water partition coefficient (Wildman–Crippen LogP) is 8.98. The SMILES string of the molecule is CCc1cnc(-c2noc(-c3cc(C(C)C)c(O)cc3O)c2-c2ccc3c(c2)CCN(CCO)C3)n1CN1CCc2cc(-c3c(C(N)=NC#N)noc3-c3cc(C(C)C)c(O)cc3C)ccc2C1. The van der Waals surface area contributed by atoms with E-state index in [9.17, 15) is 25.7 Å². The molecule has 5 heterocycles. The monoisotopic (exact) mass is 915 g/mol. The Bertz CT molecular complexity index is 3120. The number of amidine groups is 1. The van der Waals surface area contributed by atoms with Crippen molar-refractivity contribution in [3.05, 3.63) is 117 Å². The molecular weight excluding hydrogens is 859 g/mol. The van der Waals surface area contributed by atoms with Crippen LogP contribution in [0.15, 0.2) is 80.9 Å². The van der Waals surface area contributed by atoms with Gasteiger partial charge in [-0.15, -0.1) is 0 Å². The molecule has 0 spiro atoms. The molecule has 68 heavy (non-hydrogen) atoms. The number of hydrogen-bond acceptors (Lipinski definition) is 13. The molecule has 15 nitrogen and oxygen atoms in total. The molecule has 4 aromatic carbocycles. The number of phenolic OH excluding ortho intramolecular Hbond substituents is 3. The molecule has 0 aliphatic carbocycles. The van der Waals surface area contributed by atoms with E-state index in [1.54, 1.807) is 18.3 Å². The van der Waals surface area contributed by atoms with E-state index in [-0.39, 0.29) is 47.2 Å². The van der Waals surface area contributed by atoms with Gasteiger partial charge in [0.2, 0.25) is 6.19 Å². The van der Waals surface area contributed by atoms with Gasteiger partial charge in [0.15, 0.2) is 34.6 Å². The molecule has 0 unspecified atom stereocenters. The van der Waals surface area contributed by atoms with Crippen molar-refractivity contribution in [3.63, 3.8) is 0 Å². The molecule has 6 N–H and O–H groups in total. The maximum Gasteiger partial charge on any atom is 0.207 e. The Labute approximate surface area is 395 Å². The van der Waals surface area contributed by atoms with Crippen molar-refractivity contribution in [1.82, 2.24) is 29.7 Å². The van der Waals surface area contributed by atoms with E-state index in [1.807, 2.05) is 52.9 Å². The number of nitriles is 1. The highest BCUT2D eigenvalue weighted by molar-refractivity contribution is 6.05.